The highest BCUT2D eigenvalue weighted by atomic mass is 32.2. The van der Waals surface area contributed by atoms with Crippen LogP contribution >= 0.6 is 0 Å². The minimum atomic E-state index is -4.12. The van der Waals surface area contributed by atoms with Crippen LogP contribution < -0.4 is 19.7 Å². The first-order valence-electron chi connectivity index (χ1n) is 21.1. The molecule has 312 valence electrons. The Morgan fingerprint density at radius 1 is 0.534 bits per heavy atom. The van der Waals surface area contributed by atoms with Crippen molar-refractivity contribution < 1.29 is 16.8 Å². The second kappa shape index (κ2) is 20.0. The van der Waals surface area contributed by atoms with Crippen LogP contribution in [0.4, 0.5) is 11.4 Å². The lowest BCUT2D eigenvalue weighted by Gasteiger charge is -2.36. The van der Waals surface area contributed by atoms with Crippen LogP contribution in [0.1, 0.15) is 42.4 Å². The highest BCUT2D eigenvalue weighted by Crippen LogP contribution is 2.36. The van der Waals surface area contributed by atoms with Crippen molar-refractivity contribution in [2.75, 3.05) is 89.3 Å². The SMILES string of the molecule is CN1CCN(c2cc(NCCc3ccccc3)c(S(=O)(=O)NC3CCN(CCc4ccccc4)CC3)cc2S(=O)(=O)NC2CCN(CCc3ccccc3)CC2)CC1. The van der Waals surface area contributed by atoms with Gasteiger partial charge in [-0.1, -0.05) is 91.0 Å². The zero-order chi connectivity index (χ0) is 40.4. The molecule has 11 nitrogen and oxygen atoms in total. The molecule has 7 rings (SSSR count). The summed E-state index contributed by atoms with van der Waals surface area (Å²) in [7, 11) is -6.17. The first kappa shape index (κ1) is 42.3. The largest absolute Gasteiger partial charge is 0.384 e. The number of hydrogen-bond acceptors (Lipinski definition) is 9. The van der Waals surface area contributed by atoms with Gasteiger partial charge in [0.25, 0.3) is 0 Å². The third kappa shape index (κ3) is 11.7. The summed E-state index contributed by atoms with van der Waals surface area (Å²) in [5, 5.41) is 3.44. The van der Waals surface area contributed by atoms with E-state index in [1.165, 1.54) is 17.2 Å². The zero-order valence-electron chi connectivity index (χ0n) is 33.9. The van der Waals surface area contributed by atoms with Gasteiger partial charge in [-0.3, -0.25) is 0 Å². The summed E-state index contributed by atoms with van der Waals surface area (Å²) in [6, 6.07) is 33.6. The van der Waals surface area contributed by atoms with Gasteiger partial charge >= 0.3 is 0 Å². The molecule has 0 amide bonds. The molecule has 0 radical (unpaired) electrons. The van der Waals surface area contributed by atoms with Crippen molar-refractivity contribution in [1.29, 1.82) is 0 Å². The number of rotatable bonds is 17. The average molecular weight is 828 g/mol. The van der Waals surface area contributed by atoms with E-state index in [-0.39, 0.29) is 21.9 Å². The van der Waals surface area contributed by atoms with Gasteiger partial charge in [0.2, 0.25) is 20.0 Å². The van der Waals surface area contributed by atoms with Crippen LogP contribution in [-0.2, 0) is 39.3 Å². The first-order valence-corrected chi connectivity index (χ1v) is 24.0. The number of piperazine rings is 1. The summed E-state index contributed by atoms with van der Waals surface area (Å²) in [5.41, 5.74) is 4.67. The van der Waals surface area contributed by atoms with Gasteiger partial charge in [-0.2, -0.15) is 0 Å². The smallest absolute Gasteiger partial charge is 0.242 e. The molecule has 58 heavy (non-hydrogen) atoms. The van der Waals surface area contributed by atoms with E-state index in [4.69, 9.17) is 0 Å². The maximum absolute atomic E-state index is 14.6. The lowest BCUT2D eigenvalue weighted by molar-refractivity contribution is 0.209. The Hall–Kier alpha value is -3.82. The van der Waals surface area contributed by atoms with Gasteiger partial charge in [-0.05, 0) is 107 Å². The molecule has 0 aromatic heterocycles. The fraction of sp³-hybridized carbons (Fsp3) is 0.467. The number of anilines is 2. The van der Waals surface area contributed by atoms with E-state index in [1.807, 2.05) is 30.3 Å². The fourth-order valence-electron chi connectivity index (χ4n) is 8.38. The van der Waals surface area contributed by atoms with Gasteiger partial charge < -0.3 is 24.9 Å². The lowest BCUT2D eigenvalue weighted by Crippen LogP contribution is -2.47. The number of sulfonamides is 2. The molecule has 3 aliphatic heterocycles. The third-order valence-electron chi connectivity index (χ3n) is 12.0. The predicted octanol–water partition coefficient (Wildman–Crippen LogP) is 5.06. The topological polar surface area (TPSA) is 117 Å². The molecule has 13 heteroatoms. The van der Waals surface area contributed by atoms with Gasteiger partial charge in [-0.15, -0.1) is 0 Å². The number of hydrogen-bond donors (Lipinski definition) is 3. The third-order valence-corrected chi connectivity index (χ3v) is 15.1. The van der Waals surface area contributed by atoms with Crippen LogP contribution in [0.25, 0.3) is 0 Å². The number of nitrogens with zero attached hydrogens (tertiary/aromatic N) is 4. The van der Waals surface area contributed by atoms with Crippen molar-refractivity contribution in [1.82, 2.24) is 24.1 Å². The number of likely N-dealkylation sites (tertiary alicyclic amines) is 2. The van der Waals surface area contributed by atoms with E-state index in [0.717, 1.165) is 70.8 Å². The number of benzene rings is 4. The van der Waals surface area contributed by atoms with Crippen LogP contribution in [0.3, 0.4) is 0 Å². The van der Waals surface area contributed by atoms with E-state index in [0.29, 0.717) is 63.1 Å². The van der Waals surface area contributed by atoms with E-state index in [9.17, 15) is 16.8 Å². The Morgan fingerprint density at radius 2 is 0.966 bits per heavy atom. The van der Waals surface area contributed by atoms with Crippen LogP contribution in [0.5, 0.6) is 0 Å². The van der Waals surface area contributed by atoms with Crippen molar-refractivity contribution >= 4 is 31.4 Å². The molecule has 0 spiro atoms. The molecule has 4 aromatic carbocycles. The zero-order valence-corrected chi connectivity index (χ0v) is 35.6. The summed E-state index contributed by atoms with van der Waals surface area (Å²) < 4.78 is 64.3. The molecule has 3 N–H and O–H groups in total. The van der Waals surface area contributed by atoms with E-state index >= 15 is 0 Å². The van der Waals surface area contributed by atoms with E-state index in [2.05, 4.69) is 102 Å². The van der Waals surface area contributed by atoms with Gasteiger partial charge in [-0.25, -0.2) is 26.3 Å². The van der Waals surface area contributed by atoms with Crippen LogP contribution in [0.15, 0.2) is 113 Å². The van der Waals surface area contributed by atoms with Crippen LogP contribution in [0, 0.1) is 0 Å². The molecule has 4 aromatic rings. The van der Waals surface area contributed by atoms with Crippen molar-refractivity contribution in [3.63, 3.8) is 0 Å². The Morgan fingerprint density at radius 3 is 1.43 bits per heavy atom. The molecule has 0 saturated carbocycles. The molecule has 0 aliphatic carbocycles. The minimum absolute atomic E-state index is 0.0216. The first-order chi connectivity index (χ1) is 28.1. The Bertz CT molecular complexity index is 2100. The maximum atomic E-state index is 14.6. The second-order valence-corrected chi connectivity index (χ2v) is 19.6. The van der Waals surface area contributed by atoms with Gasteiger partial charge in [0.05, 0.1) is 11.4 Å². The Balaban J connectivity index is 1.11. The Kier molecular flexibility index (Phi) is 14.6. The standard InChI is InChI=1S/C45H61N7O4S2/c1-49-31-33-52(34-32-49)43-35-42(46-24-17-37-11-5-2-6-12-37)44(57(53,54)47-40-20-27-50(28-21-40)25-18-38-13-7-3-8-14-38)36-45(43)58(55,56)48-41-22-29-51(30-23-41)26-19-39-15-9-4-10-16-39/h2-16,35-36,40-41,46-48H,17-34H2,1H3. The number of likely N-dealkylation sites (N-methyl/N-ethyl adjacent to an activating group) is 1. The highest BCUT2D eigenvalue weighted by molar-refractivity contribution is 7.90. The molecular formula is C45H61N7O4S2. The molecule has 3 heterocycles. The normalized spacial score (nSPS) is 18.4. The summed E-state index contributed by atoms with van der Waals surface area (Å²) in [6.45, 7) is 8.33. The van der Waals surface area contributed by atoms with Crippen molar-refractivity contribution in [3.8, 4) is 0 Å². The van der Waals surface area contributed by atoms with Crippen molar-refractivity contribution in [2.24, 2.45) is 0 Å². The monoisotopic (exact) mass is 827 g/mol. The summed E-state index contributed by atoms with van der Waals surface area (Å²) in [4.78, 5) is 9.10. The minimum Gasteiger partial charge on any atom is -0.384 e. The van der Waals surface area contributed by atoms with Gasteiger partial charge in [0, 0.05) is 57.9 Å². The molecule has 3 aliphatic rings. The number of nitrogens with one attached hydrogen (secondary N) is 3. The molecule has 0 atom stereocenters. The van der Waals surface area contributed by atoms with E-state index in [1.54, 1.807) is 6.07 Å². The van der Waals surface area contributed by atoms with Gasteiger partial charge in [0.1, 0.15) is 9.79 Å². The summed E-state index contributed by atoms with van der Waals surface area (Å²) in [5.74, 6) is 0. The van der Waals surface area contributed by atoms with Crippen molar-refractivity contribution in [2.45, 2.75) is 66.8 Å². The quantitative estimate of drug-likeness (QED) is 0.134. The molecular weight excluding hydrogens is 767 g/mol. The second-order valence-electron chi connectivity index (χ2n) is 16.2. The molecule has 3 saturated heterocycles. The highest BCUT2D eigenvalue weighted by Gasteiger charge is 2.33. The molecule has 3 fully saturated rings. The van der Waals surface area contributed by atoms with Crippen LogP contribution in [0.2, 0.25) is 0 Å². The molecule has 0 unspecified atom stereocenters. The fourth-order valence-corrected chi connectivity index (χ4v) is 11.5. The summed E-state index contributed by atoms with van der Waals surface area (Å²) in [6.07, 6.45) is 5.33. The summed E-state index contributed by atoms with van der Waals surface area (Å²) >= 11 is 0. The lowest BCUT2D eigenvalue weighted by atomic mass is 10.1. The molecule has 0 bridgehead atoms. The van der Waals surface area contributed by atoms with Crippen molar-refractivity contribution in [3.05, 3.63) is 120 Å². The maximum Gasteiger partial charge on any atom is 0.242 e. The average Bonchev–Trinajstić information content (AvgIpc) is 3.24. The predicted molar refractivity (Wildman–Crippen MR) is 235 cm³/mol. The van der Waals surface area contributed by atoms with Gasteiger partial charge in [0.15, 0.2) is 0 Å². The number of piperidine rings is 2. The Labute approximate surface area is 346 Å². The van der Waals surface area contributed by atoms with Crippen LogP contribution in [-0.4, -0.2) is 123 Å². The van der Waals surface area contributed by atoms with E-state index < -0.39 is 20.0 Å².